The van der Waals surface area contributed by atoms with Gasteiger partial charge in [0.25, 0.3) is 0 Å². The maximum absolute atomic E-state index is 5.51. The molecule has 3 nitrogen and oxygen atoms in total. The third kappa shape index (κ3) is 0.851. The SMILES string of the molecule is COC1(OC)CC2C=CC1O2. The Hall–Kier alpha value is -0.380. The van der Waals surface area contributed by atoms with Crippen molar-refractivity contribution < 1.29 is 14.2 Å². The molecule has 0 aromatic rings. The lowest BCUT2D eigenvalue weighted by molar-refractivity contribution is -0.220. The fourth-order valence-electron chi connectivity index (χ4n) is 1.75. The van der Waals surface area contributed by atoms with Crippen LogP contribution in [-0.4, -0.2) is 32.2 Å². The maximum Gasteiger partial charge on any atom is 0.200 e. The van der Waals surface area contributed by atoms with Gasteiger partial charge >= 0.3 is 0 Å². The Morgan fingerprint density at radius 3 is 2.36 bits per heavy atom. The molecule has 2 bridgehead atoms. The second-order valence-corrected chi connectivity index (χ2v) is 2.90. The molecule has 1 fully saturated rings. The van der Waals surface area contributed by atoms with Crippen molar-refractivity contribution in [1.29, 1.82) is 0 Å². The molecule has 62 valence electrons. The molecule has 1 saturated heterocycles. The van der Waals surface area contributed by atoms with Crippen molar-refractivity contribution in [2.24, 2.45) is 0 Å². The van der Waals surface area contributed by atoms with Gasteiger partial charge in [-0.15, -0.1) is 0 Å². The van der Waals surface area contributed by atoms with Gasteiger partial charge in [-0.3, -0.25) is 0 Å². The van der Waals surface area contributed by atoms with Crippen molar-refractivity contribution >= 4 is 0 Å². The van der Waals surface area contributed by atoms with E-state index in [-0.39, 0.29) is 12.2 Å². The highest BCUT2D eigenvalue weighted by atomic mass is 16.7. The largest absolute Gasteiger partial charge is 0.361 e. The molecule has 0 N–H and O–H groups in total. The third-order valence-electron chi connectivity index (χ3n) is 2.43. The van der Waals surface area contributed by atoms with Crippen LogP contribution in [0, 0.1) is 0 Å². The average Bonchev–Trinajstić information content (AvgIpc) is 2.62. The molecule has 2 aliphatic rings. The summed E-state index contributed by atoms with van der Waals surface area (Å²) in [5.41, 5.74) is 0. The number of methoxy groups -OCH3 is 2. The normalized spacial score (nSPS) is 38.4. The topological polar surface area (TPSA) is 27.7 Å². The van der Waals surface area contributed by atoms with Crippen molar-refractivity contribution in [1.82, 2.24) is 0 Å². The zero-order valence-corrected chi connectivity index (χ0v) is 6.74. The first-order valence-corrected chi connectivity index (χ1v) is 3.75. The number of ether oxygens (including phenoxy) is 3. The minimum atomic E-state index is -0.514. The summed E-state index contributed by atoms with van der Waals surface area (Å²) in [4.78, 5) is 0. The fraction of sp³-hybridized carbons (Fsp3) is 0.750. The molecular weight excluding hydrogens is 144 g/mol. The summed E-state index contributed by atoms with van der Waals surface area (Å²) in [5, 5.41) is 0. The van der Waals surface area contributed by atoms with E-state index in [2.05, 4.69) is 6.08 Å². The standard InChI is InChI=1S/C8H12O3/c1-9-8(10-2)5-6-3-4-7(8)11-6/h3-4,6-7H,5H2,1-2H3. The summed E-state index contributed by atoms with van der Waals surface area (Å²) < 4.78 is 16.1. The molecule has 0 aromatic carbocycles. The summed E-state index contributed by atoms with van der Waals surface area (Å²) in [6.07, 6.45) is 5.05. The van der Waals surface area contributed by atoms with E-state index in [0.29, 0.717) is 0 Å². The summed E-state index contributed by atoms with van der Waals surface area (Å²) in [7, 11) is 3.31. The molecule has 2 atom stereocenters. The fourth-order valence-corrected chi connectivity index (χ4v) is 1.75. The lowest BCUT2D eigenvalue weighted by Gasteiger charge is -2.29. The molecule has 0 amide bonds. The number of fused-ring (bicyclic) bond motifs is 2. The Balaban J connectivity index is 2.21. The van der Waals surface area contributed by atoms with E-state index >= 15 is 0 Å². The second kappa shape index (κ2) is 2.30. The molecular formula is C8H12O3. The number of hydrogen-bond donors (Lipinski definition) is 0. The number of rotatable bonds is 2. The van der Waals surface area contributed by atoms with Crippen LogP contribution in [0.5, 0.6) is 0 Å². The lowest BCUT2D eigenvalue weighted by Crippen LogP contribution is -2.41. The first-order valence-electron chi connectivity index (χ1n) is 3.75. The maximum atomic E-state index is 5.51. The highest BCUT2D eigenvalue weighted by Gasteiger charge is 2.50. The Morgan fingerprint density at radius 1 is 1.36 bits per heavy atom. The van der Waals surface area contributed by atoms with E-state index in [1.165, 1.54) is 0 Å². The minimum Gasteiger partial charge on any atom is -0.361 e. The molecule has 0 aromatic heterocycles. The Bertz CT molecular complexity index is 184. The van der Waals surface area contributed by atoms with Gasteiger partial charge in [0.05, 0.1) is 6.10 Å². The van der Waals surface area contributed by atoms with E-state index in [0.717, 1.165) is 6.42 Å². The second-order valence-electron chi connectivity index (χ2n) is 2.90. The summed E-state index contributed by atoms with van der Waals surface area (Å²) >= 11 is 0. The van der Waals surface area contributed by atoms with Crippen molar-refractivity contribution in [3.8, 4) is 0 Å². The smallest absolute Gasteiger partial charge is 0.200 e. The van der Waals surface area contributed by atoms with Crippen LogP contribution in [-0.2, 0) is 14.2 Å². The van der Waals surface area contributed by atoms with Gasteiger partial charge < -0.3 is 14.2 Å². The predicted molar refractivity (Wildman–Crippen MR) is 39.2 cm³/mol. The van der Waals surface area contributed by atoms with Gasteiger partial charge in [0.2, 0.25) is 5.79 Å². The van der Waals surface area contributed by atoms with Crippen LogP contribution in [0.25, 0.3) is 0 Å². The lowest BCUT2D eigenvalue weighted by atomic mass is 10.0. The molecule has 3 heteroatoms. The monoisotopic (exact) mass is 156 g/mol. The van der Waals surface area contributed by atoms with E-state index in [1.807, 2.05) is 6.08 Å². The molecule has 0 aliphatic carbocycles. The van der Waals surface area contributed by atoms with Gasteiger partial charge in [0.1, 0.15) is 6.10 Å². The van der Waals surface area contributed by atoms with Gasteiger partial charge in [0, 0.05) is 20.6 Å². The Labute approximate surface area is 65.9 Å². The Kier molecular flexibility index (Phi) is 1.52. The zero-order valence-electron chi connectivity index (χ0n) is 6.74. The molecule has 0 radical (unpaired) electrons. The number of hydrogen-bond acceptors (Lipinski definition) is 3. The first kappa shape index (κ1) is 7.28. The van der Waals surface area contributed by atoms with Gasteiger partial charge in [-0.2, -0.15) is 0 Å². The van der Waals surface area contributed by atoms with Crippen LogP contribution in [0.1, 0.15) is 6.42 Å². The predicted octanol–water partition coefficient (Wildman–Crippen LogP) is 0.703. The van der Waals surface area contributed by atoms with Gasteiger partial charge in [-0.25, -0.2) is 0 Å². The van der Waals surface area contributed by atoms with Crippen LogP contribution < -0.4 is 0 Å². The molecule has 2 unspecified atom stereocenters. The van der Waals surface area contributed by atoms with Gasteiger partial charge in [-0.05, 0) is 0 Å². The summed E-state index contributed by atoms with van der Waals surface area (Å²) in [6.45, 7) is 0. The van der Waals surface area contributed by atoms with Crippen LogP contribution in [0.2, 0.25) is 0 Å². The average molecular weight is 156 g/mol. The van der Waals surface area contributed by atoms with Crippen molar-refractivity contribution in [3.63, 3.8) is 0 Å². The minimum absolute atomic E-state index is 0.0116. The molecule has 2 aliphatic heterocycles. The summed E-state index contributed by atoms with van der Waals surface area (Å²) in [5.74, 6) is -0.514. The van der Waals surface area contributed by atoms with Crippen molar-refractivity contribution in [2.45, 2.75) is 24.4 Å². The third-order valence-corrected chi connectivity index (χ3v) is 2.43. The highest BCUT2D eigenvalue weighted by Crippen LogP contribution is 2.39. The van der Waals surface area contributed by atoms with Crippen LogP contribution in [0.4, 0.5) is 0 Å². The quantitative estimate of drug-likeness (QED) is 0.435. The molecule has 2 rings (SSSR count). The van der Waals surface area contributed by atoms with Crippen LogP contribution in [0.3, 0.4) is 0 Å². The van der Waals surface area contributed by atoms with E-state index in [4.69, 9.17) is 14.2 Å². The van der Waals surface area contributed by atoms with Gasteiger partial charge in [0.15, 0.2) is 0 Å². The summed E-state index contributed by atoms with van der Waals surface area (Å²) in [6, 6.07) is 0. The molecule has 0 spiro atoms. The van der Waals surface area contributed by atoms with Gasteiger partial charge in [-0.1, -0.05) is 12.2 Å². The highest BCUT2D eigenvalue weighted by molar-refractivity contribution is 5.15. The van der Waals surface area contributed by atoms with Crippen LogP contribution >= 0.6 is 0 Å². The molecule has 11 heavy (non-hydrogen) atoms. The molecule has 2 heterocycles. The van der Waals surface area contributed by atoms with E-state index in [9.17, 15) is 0 Å². The van der Waals surface area contributed by atoms with Crippen molar-refractivity contribution in [2.75, 3.05) is 14.2 Å². The first-order chi connectivity index (χ1) is 5.30. The van der Waals surface area contributed by atoms with Crippen LogP contribution in [0.15, 0.2) is 12.2 Å². The van der Waals surface area contributed by atoms with E-state index in [1.54, 1.807) is 14.2 Å². The van der Waals surface area contributed by atoms with Crippen molar-refractivity contribution in [3.05, 3.63) is 12.2 Å². The van der Waals surface area contributed by atoms with E-state index < -0.39 is 5.79 Å². The Morgan fingerprint density at radius 2 is 2.09 bits per heavy atom. The zero-order chi connectivity index (χ0) is 7.90. The molecule has 0 saturated carbocycles.